The van der Waals surface area contributed by atoms with E-state index in [2.05, 4.69) is 11.1 Å². The van der Waals surface area contributed by atoms with Crippen molar-refractivity contribution in [1.29, 1.82) is 5.41 Å². The molecule has 0 saturated carbocycles. The van der Waals surface area contributed by atoms with Crippen LogP contribution in [0.25, 0.3) is 0 Å². The quantitative estimate of drug-likeness (QED) is 0.451. The number of rotatable bonds is 3. The number of nitrogens with zero attached hydrogens (tertiary/aromatic N) is 1. The molecule has 0 bridgehead atoms. The molecule has 0 fully saturated rings. The largest absolute Gasteiger partial charge is 0.479 e. The van der Waals surface area contributed by atoms with Crippen molar-refractivity contribution in [1.82, 2.24) is 0 Å². The zero-order chi connectivity index (χ0) is 16.3. The Labute approximate surface area is 119 Å². The first-order valence-corrected chi connectivity index (χ1v) is 5.51. The summed E-state index contributed by atoms with van der Waals surface area (Å²) in [5, 5.41) is 32.7. The zero-order valence-corrected chi connectivity index (χ0v) is 10.9. The fourth-order valence-corrected chi connectivity index (χ4v) is 1.15. The zero-order valence-electron chi connectivity index (χ0n) is 10.9. The molecule has 0 aliphatic carbocycles. The highest BCUT2D eigenvalue weighted by Crippen LogP contribution is 2.11. The molecule has 1 aromatic carbocycles. The number of hydrogen-bond acceptors (Lipinski definition) is 6. The van der Waals surface area contributed by atoms with Gasteiger partial charge in [-0.2, -0.15) is 0 Å². The van der Waals surface area contributed by atoms with Crippen LogP contribution in [0.1, 0.15) is 11.7 Å². The first kappa shape index (κ1) is 18.0. The minimum Gasteiger partial charge on any atom is -0.479 e. The predicted octanol–water partition coefficient (Wildman–Crippen LogP) is 2.26. The Morgan fingerprint density at radius 1 is 1.24 bits per heavy atom. The van der Waals surface area contributed by atoms with Crippen LogP contribution < -0.4 is 0 Å². The van der Waals surface area contributed by atoms with Gasteiger partial charge in [-0.05, 0) is 18.3 Å². The van der Waals surface area contributed by atoms with E-state index in [9.17, 15) is 14.9 Å². The van der Waals surface area contributed by atoms with Crippen molar-refractivity contribution in [3.8, 4) is 0 Å². The third-order valence-corrected chi connectivity index (χ3v) is 2.04. The van der Waals surface area contributed by atoms with Crippen molar-refractivity contribution in [2.75, 3.05) is 0 Å². The molecule has 8 nitrogen and oxygen atoms in total. The molecule has 3 N–H and O–H groups in total. The molecule has 0 radical (unpaired) electrons. The Morgan fingerprint density at radius 2 is 1.81 bits per heavy atom. The second kappa shape index (κ2) is 9.87. The number of carbonyl (C=O) groups is 1. The molecule has 0 aliphatic heterocycles. The highest BCUT2D eigenvalue weighted by molar-refractivity contribution is 5.73. The summed E-state index contributed by atoms with van der Waals surface area (Å²) in [5.74, 6) is -1.44. The number of aliphatic carboxylic acids is 1. The number of carboxylic acids is 1. The smallest absolute Gasteiger partial charge is 0.432 e. The van der Waals surface area contributed by atoms with Gasteiger partial charge < -0.3 is 20.0 Å². The molecule has 112 valence electrons. The van der Waals surface area contributed by atoms with Crippen LogP contribution >= 0.6 is 0 Å². The van der Waals surface area contributed by atoms with Gasteiger partial charge in [-0.1, -0.05) is 30.3 Å². The summed E-state index contributed by atoms with van der Waals surface area (Å²) in [5.41, 5.74) is 0.403. The topological polar surface area (TPSA) is 138 Å². The van der Waals surface area contributed by atoms with Crippen LogP contribution in [0.4, 0.5) is 5.88 Å². The second-order valence-corrected chi connectivity index (χ2v) is 3.36. The van der Waals surface area contributed by atoms with E-state index in [0.29, 0.717) is 5.56 Å². The first-order valence-electron chi connectivity index (χ1n) is 5.51. The van der Waals surface area contributed by atoms with Gasteiger partial charge in [0.15, 0.2) is 6.10 Å². The summed E-state index contributed by atoms with van der Waals surface area (Å²) in [7, 11) is 0. The molecule has 21 heavy (non-hydrogen) atoms. The van der Waals surface area contributed by atoms with Crippen molar-refractivity contribution < 1.29 is 24.3 Å². The normalized spacial score (nSPS) is 10.1. The molecule has 8 heteroatoms. The third kappa shape index (κ3) is 6.64. The van der Waals surface area contributed by atoms with Gasteiger partial charge in [-0.3, -0.25) is 10.1 Å². The molecule has 0 aliphatic rings. The van der Waals surface area contributed by atoms with Crippen molar-refractivity contribution in [3.63, 3.8) is 0 Å². The van der Waals surface area contributed by atoms with Crippen LogP contribution in [0.5, 0.6) is 0 Å². The van der Waals surface area contributed by atoms with Crippen molar-refractivity contribution >= 4 is 18.6 Å². The number of carboxylic acid groups (broad SMARTS) is 1. The van der Waals surface area contributed by atoms with E-state index < -0.39 is 17.0 Å². The van der Waals surface area contributed by atoms with Gasteiger partial charge in [0, 0.05) is 0 Å². The molecule has 1 heterocycles. The van der Waals surface area contributed by atoms with E-state index in [4.69, 9.17) is 15.6 Å². The molecule has 0 spiro atoms. The Balaban J connectivity index is 0.000000354. The standard InChI is InChI=1S/C8H8O3.C4H3NO3.CH3N/c9-7(8(10)11)6-4-2-1-3-5-6;6-5(7)4-2-1-3-8-4;1-2/h1-5,7,9H,(H,10,11);1-3H;2H,1H2. The number of nitrogens with one attached hydrogen (secondary N) is 1. The molecule has 0 amide bonds. The summed E-state index contributed by atoms with van der Waals surface area (Å²) in [6.45, 7) is 2.50. The van der Waals surface area contributed by atoms with E-state index in [-0.39, 0.29) is 5.88 Å². The average molecular weight is 294 g/mol. The summed E-state index contributed by atoms with van der Waals surface area (Å²) in [4.78, 5) is 19.4. The minimum atomic E-state index is -1.41. The van der Waals surface area contributed by atoms with Gasteiger partial charge in [-0.15, -0.1) is 0 Å². The van der Waals surface area contributed by atoms with Gasteiger partial charge in [0.25, 0.3) is 0 Å². The van der Waals surface area contributed by atoms with Crippen molar-refractivity contribution in [3.05, 3.63) is 64.4 Å². The Morgan fingerprint density at radius 3 is 2.14 bits per heavy atom. The third-order valence-electron chi connectivity index (χ3n) is 2.04. The average Bonchev–Trinajstić information content (AvgIpc) is 3.04. The Hall–Kier alpha value is -3.00. The Kier molecular flexibility index (Phi) is 8.46. The van der Waals surface area contributed by atoms with Crippen LogP contribution in [0.3, 0.4) is 0 Å². The van der Waals surface area contributed by atoms with Gasteiger partial charge in [-0.25, -0.2) is 4.79 Å². The SMILES string of the molecule is C=N.O=C(O)C(O)c1ccccc1.O=[N+]([O-])c1ccco1. The van der Waals surface area contributed by atoms with Gasteiger partial charge in [0.2, 0.25) is 0 Å². The fourth-order valence-electron chi connectivity index (χ4n) is 1.15. The molecule has 2 aromatic rings. The summed E-state index contributed by atoms with van der Waals surface area (Å²) in [6, 6.07) is 11.0. The van der Waals surface area contributed by atoms with E-state index >= 15 is 0 Å². The number of hydrogen-bond donors (Lipinski definition) is 3. The van der Waals surface area contributed by atoms with Gasteiger partial charge in [0.1, 0.15) is 4.92 Å². The maximum Gasteiger partial charge on any atom is 0.432 e. The monoisotopic (exact) mass is 294 g/mol. The van der Waals surface area contributed by atoms with E-state index in [1.54, 1.807) is 30.3 Å². The Bertz CT molecular complexity index is 541. The van der Waals surface area contributed by atoms with E-state index in [1.165, 1.54) is 18.4 Å². The van der Waals surface area contributed by atoms with Crippen LogP contribution in [0, 0.1) is 15.5 Å². The highest BCUT2D eigenvalue weighted by Gasteiger charge is 2.14. The number of nitro groups is 1. The predicted molar refractivity (Wildman–Crippen MR) is 74.2 cm³/mol. The molecular formula is C13H14N2O6. The number of furan rings is 1. The van der Waals surface area contributed by atoms with E-state index in [1.807, 2.05) is 0 Å². The van der Waals surface area contributed by atoms with Gasteiger partial charge >= 0.3 is 11.9 Å². The summed E-state index contributed by atoms with van der Waals surface area (Å²) < 4.78 is 4.40. The molecule has 2 rings (SSSR count). The lowest BCUT2D eigenvalue weighted by Crippen LogP contribution is -2.09. The fraction of sp³-hybridized carbons (Fsp3) is 0.0769. The lowest BCUT2D eigenvalue weighted by molar-refractivity contribution is -0.402. The molecule has 1 aromatic heterocycles. The highest BCUT2D eigenvalue weighted by atomic mass is 16.6. The first-order chi connectivity index (χ1) is 10.0. The minimum absolute atomic E-state index is 0.218. The maximum absolute atomic E-state index is 10.2. The summed E-state index contributed by atoms with van der Waals surface area (Å²) in [6.07, 6.45) is -0.144. The lowest BCUT2D eigenvalue weighted by atomic mass is 10.1. The number of aliphatic hydroxyl groups is 1. The molecular weight excluding hydrogens is 280 g/mol. The number of benzene rings is 1. The molecule has 1 atom stereocenters. The maximum atomic E-state index is 10.2. The van der Waals surface area contributed by atoms with Crippen LogP contribution in [0.2, 0.25) is 0 Å². The second-order valence-electron chi connectivity index (χ2n) is 3.36. The van der Waals surface area contributed by atoms with Gasteiger partial charge in [0.05, 0.1) is 12.3 Å². The lowest BCUT2D eigenvalue weighted by Gasteiger charge is -2.03. The van der Waals surface area contributed by atoms with Crippen LogP contribution in [-0.4, -0.2) is 27.8 Å². The van der Waals surface area contributed by atoms with Crippen LogP contribution in [-0.2, 0) is 4.79 Å². The van der Waals surface area contributed by atoms with Crippen LogP contribution in [0.15, 0.2) is 53.1 Å². The molecule has 0 saturated heterocycles. The van der Waals surface area contributed by atoms with Crippen molar-refractivity contribution in [2.45, 2.75) is 6.10 Å². The number of aliphatic hydroxyl groups excluding tert-OH is 1. The summed E-state index contributed by atoms with van der Waals surface area (Å²) >= 11 is 0. The molecule has 1 unspecified atom stereocenters. The van der Waals surface area contributed by atoms with E-state index in [0.717, 1.165) is 0 Å². The van der Waals surface area contributed by atoms with Crippen molar-refractivity contribution in [2.24, 2.45) is 0 Å².